The molecule has 0 bridgehead atoms. The minimum Gasteiger partial charge on any atom is -0.366 e. The van der Waals surface area contributed by atoms with Crippen LogP contribution in [0.25, 0.3) is 10.2 Å². The van der Waals surface area contributed by atoms with Gasteiger partial charge in [0.05, 0.1) is 11.1 Å². The van der Waals surface area contributed by atoms with Gasteiger partial charge < -0.3 is 9.80 Å². The van der Waals surface area contributed by atoms with E-state index in [1.54, 1.807) is 28.0 Å². The number of nitrogens with zero attached hydrogens (tertiary/aromatic N) is 4. The van der Waals surface area contributed by atoms with E-state index < -0.39 is 0 Å². The van der Waals surface area contributed by atoms with Crippen molar-refractivity contribution in [2.75, 3.05) is 36.0 Å². The Morgan fingerprint density at radius 3 is 2.60 bits per heavy atom. The number of hydrogen-bond donors (Lipinski definition) is 0. The third kappa shape index (κ3) is 3.21. The molecule has 0 radical (unpaired) electrons. The number of halogens is 1. The molecule has 2 aromatic heterocycles. The van der Waals surface area contributed by atoms with Crippen molar-refractivity contribution >= 4 is 33.2 Å². The topological polar surface area (TPSA) is 41.4 Å². The van der Waals surface area contributed by atoms with Crippen molar-refractivity contribution in [2.45, 2.75) is 32.2 Å². The first-order valence-corrected chi connectivity index (χ1v) is 11.4. The van der Waals surface area contributed by atoms with Gasteiger partial charge in [-0.05, 0) is 43.4 Å². The summed E-state index contributed by atoms with van der Waals surface area (Å²) in [7, 11) is 0. The first-order valence-electron chi connectivity index (χ1n) is 10.6. The van der Waals surface area contributed by atoms with Crippen LogP contribution in [0.5, 0.6) is 0 Å². The SMILES string of the molecule is C=CCn1c(N2CCN(c3ccccc3F)CC2)nc2sc3c(c2c1=O)CCCC3. The van der Waals surface area contributed by atoms with Crippen molar-refractivity contribution in [1.29, 1.82) is 0 Å². The van der Waals surface area contributed by atoms with E-state index in [9.17, 15) is 9.18 Å². The van der Waals surface area contributed by atoms with Gasteiger partial charge in [0.25, 0.3) is 5.56 Å². The number of thiophene rings is 1. The van der Waals surface area contributed by atoms with Crippen LogP contribution in [0.1, 0.15) is 23.3 Å². The highest BCUT2D eigenvalue weighted by atomic mass is 32.1. The molecule has 30 heavy (non-hydrogen) atoms. The number of fused-ring (bicyclic) bond motifs is 3. The van der Waals surface area contributed by atoms with Crippen LogP contribution in [0, 0.1) is 5.82 Å². The second-order valence-corrected chi connectivity index (χ2v) is 9.02. The van der Waals surface area contributed by atoms with Crippen molar-refractivity contribution in [3.05, 3.63) is 63.5 Å². The summed E-state index contributed by atoms with van der Waals surface area (Å²) in [6, 6.07) is 6.89. The van der Waals surface area contributed by atoms with E-state index in [1.807, 2.05) is 12.1 Å². The van der Waals surface area contributed by atoms with Gasteiger partial charge in [0, 0.05) is 37.6 Å². The van der Waals surface area contributed by atoms with Crippen molar-refractivity contribution in [3.63, 3.8) is 0 Å². The maximum Gasteiger partial charge on any atom is 0.264 e. The average molecular weight is 425 g/mol. The molecular weight excluding hydrogens is 399 g/mol. The fourth-order valence-electron chi connectivity index (χ4n) is 4.62. The number of piperazine rings is 1. The van der Waals surface area contributed by atoms with Crippen molar-refractivity contribution < 1.29 is 4.39 Å². The quantitative estimate of drug-likeness (QED) is 0.594. The monoisotopic (exact) mass is 424 g/mol. The number of para-hydroxylation sites is 1. The molecule has 1 saturated heterocycles. The molecule has 156 valence electrons. The van der Waals surface area contributed by atoms with Crippen LogP contribution in [-0.2, 0) is 19.4 Å². The molecule has 0 spiro atoms. The molecule has 0 saturated carbocycles. The van der Waals surface area contributed by atoms with Crippen molar-refractivity contribution in [1.82, 2.24) is 9.55 Å². The third-order valence-electron chi connectivity index (χ3n) is 6.12. The highest BCUT2D eigenvalue weighted by Gasteiger charge is 2.26. The molecule has 0 N–H and O–H groups in total. The van der Waals surface area contributed by atoms with Crippen molar-refractivity contribution in [2.24, 2.45) is 0 Å². The van der Waals surface area contributed by atoms with E-state index in [0.717, 1.165) is 29.5 Å². The maximum atomic E-state index is 14.2. The first-order chi connectivity index (χ1) is 14.7. The number of anilines is 2. The Kier molecular flexibility index (Phi) is 5.06. The molecule has 1 aliphatic carbocycles. The molecule has 1 aromatic carbocycles. The van der Waals surface area contributed by atoms with E-state index in [4.69, 9.17) is 4.98 Å². The molecule has 0 unspecified atom stereocenters. The Hall–Kier alpha value is -2.67. The smallest absolute Gasteiger partial charge is 0.264 e. The molecule has 3 heterocycles. The van der Waals surface area contributed by atoms with Gasteiger partial charge in [-0.25, -0.2) is 9.37 Å². The van der Waals surface area contributed by atoms with E-state index in [1.165, 1.54) is 22.9 Å². The highest BCUT2D eigenvalue weighted by molar-refractivity contribution is 7.18. The lowest BCUT2D eigenvalue weighted by atomic mass is 9.97. The summed E-state index contributed by atoms with van der Waals surface area (Å²) in [5.41, 5.74) is 1.90. The maximum absolute atomic E-state index is 14.2. The van der Waals surface area contributed by atoms with Gasteiger partial charge in [-0.3, -0.25) is 9.36 Å². The summed E-state index contributed by atoms with van der Waals surface area (Å²) >= 11 is 1.68. The molecule has 3 aromatic rings. The molecule has 2 aliphatic rings. The minimum atomic E-state index is -0.196. The van der Waals surface area contributed by atoms with Crippen LogP contribution < -0.4 is 15.4 Å². The van der Waals surface area contributed by atoms with Crippen LogP contribution in [-0.4, -0.2) is 35.7 Å². The van der Waals surface area contributed by atoms with E-state index in [-0.39, 0.29) is 11.4 Å². The van der Waals surface area contributed by atoms with Gasteiger partial charge in [-0.2, -0.15) is 0 Å². The van der Waals surface area contributed by atoms with E-state index in [2.05, 4.69) is 16.4 Å². The predicted molar refractivity (Wildman–Crippen MR) is 122 cm³/mol. The Balaban J connectivity index is 1.50. The Bertz CT molecular complexity index is 1160. The normalized spacial score (nSPS) is 16.7. The summed E-state index contributed by atoms with van der Waals surface area (Å²) in [5.74, 6) is 0.511. The third-order valence-corrected chi connectivity index (χ3v) is 7.31. The van der Waals surface area contributed by atoms with Gasteiger partial charge in [0.2, 0.25) is 5.95 Å². The van der Waals surface area contributed by atoms with Crippen molar-refractivity contribution in [3.8, 4) is 0 Å². The number of aromatic nitrogens is 2. The fraction of sp³-hybridized carbons (Fsp3) is 0.391. The lowest BCUT2D eigenvalue weighted by Gasteiger charge is -2.37. The van der Waals surface area contributed by atoms with Gasteiger partial charge in [-0.1, -0.05) is 18.2 Å². The zero-order valence-corrected chi connectivity index (χ0v) is 17.8. The largest absolute Gasteiger partial charge is 0.366 e. The molecule has 0 atom stereocenters. The molecule has 5 rings (SSSR count). The van der Waals surface area contributed by atoms with Gasteiger partial charge in [0.15, 0.2) is 0 Å². The van der Waals surface area contributed by atoms with Crippen LogP contribution in [0.2, 0.25) is 0 Å². The zero-order chi connectivity index (χ0) is 20.7. The van der Waals surface area contributed by atoms with Crippen LogP contribution >= 0.6 is 11.3 Å². The Morgan fingerprint density at radius 2 is 1.83 bits per heavy atom. The fourth-order valence-corrected chi connectivity index (χ4v) is 5.87. The Labute approximate surface area is 179 Å². The molecule has 7 heteroatoms. The summed E-state index contributed by atoms with van der Waals surface area (Å²) in [6.45, 7) is 7.03. The summed E-state index contributed by atoms with van der Waals surface area (Å²) in [6.07, 6.45) is 6.10. The van der Waals surface area contributed by atoms with Gasteiger partial charge in [-0.15, -0.1) is 17.9 Å². The number of rotatable bonds is 4. The van der Waals surface area contributed by atoms with E-state index >= 15 is 0 Å². The number of allylic oxidation sites excluding steroid dienone is 1. The predicted octanol–water partition coefficient (Wildman–Crippen LogP) is 3.99. The first kappa shape index (κ1) is 19.3. The number of benzene rings is 1. The molecule has 1 fully saturated rings. The summed E-state index contributed by atoms with van der Waals surface area (Å²) in [5, 5.41) is 0.810. The standard InChI is InChI=1S/C23H25FN4OS/c1-2-11-28-22(29)20-16-7-3-6-10-19(16)30-21(20)25-23(28)27-14-12-26(13-15-27)18-9-5-4-8-17(18)24/h2,4-5,8-9H,1,3,6-7,10-15H2. The summed E-state index contributed by atoms with van der Waals surface area (Å²) in [4.78, 5) is 24.8. The second-order valence-electron chi connectivity index (χ2n) is 7.93. The minimum absolute atomic E-state index is 0.0471. The highest BCUT2D eigenvalue weighted by Crippen LogP contribution is 2.35. The lowest BCUT2D eigenvalue weighted by molar-refractivity contribution is 0.585. The molecular formula is C23H25FN4OS. The number of hydrogen-bond acceptors (Lipinski definition) is 5. The van der Waals surface area contributed by atoms with Gasteiger partial charge in [0.1, 0.15) is 10.6 Å². The Morgan fingerprint density at radius 1 is 1.10 bits per heavy atom. The molecule has 0 amide bonds. The van der Waals surface area contributed by atoms with Crippen LogP contribution in [0.15, 0.2) is 41.7 Å². The van der Waals surface area contributed by atoms with E-state index in [0.29, 0.717) is 44.4 Å². The van der Waals surface area contributed by atoms with Crippen LogP contribution in [0.4, 0.5) is 16.0 Å². The van der Waals surface area contributed by atoms with Gasteiger partial charge >= 0.3 is 0 Å². The second kappa shape index (κ2) is 7.87. The summed E-state index contributed by atoms with van der Waals surface area (Å²) < 4.78 is 15.9. The number of aryl methyl sites for hydroxylation is 2. The average Bonchev–Trinajstić information content (AvgIpc) is 3.15. The van der Waals surface area contributed by atoms with Crippen LogP contribution in [0.3, 0.4) is 0 Å². The zero-order valence-electron chi connectivity index (χ0n) is 16.9. The lowest BCUT2D eigenvalue weighted by Crippen LogP contribution is -2.48. The molecule has 1 aliphatic heterocycles. The molecule has 5 nitrogen and oxygen atoms in total.